The molecule has 1 rings (SSSR count). The van der Waals surface area contributed by atoms with E-state index in [2.05, 4.69) is 10.0 Å². The van der Waals surface area contributed by atoms with Crippen molar-refractivity contribution in [2.24, 2.45) is 0 Å². The van der Waals surface area contributed by atoms with E-state index in [-0.39, 0.29) is 10.8 Å². The third kappa shape index (κ3) is 3.56. The summed E-state index contributed by atoms with van der Waals surface area (Å²) in [5.74, 6) is -0.345. The van der Waals surface area contributed by atoms with Crippen LogP contribution < -0.4 is 10.0 Å². The number of carbonyl (C=O) groups excluding carboxylic acids is 1. The molecule has 20 heavy (non-hydrogen) atoms. The van der Waals surface area contributed by atoms with Gasteiger partial charge in [0.2, 0.25) is 10.0 Å². The molecular weight excluding hydrogens is 280 g/mol. The lowest BCUT2D eigenvalue weighted by Gasteiger charge is -2.22. The van der Waals surface area contributed by atoms with Gasteiger partial charge in [-0.05, 0) is 45.5 Å². The lowest BCUT2D eigenvalue weighted by Crippen LogP contribution is -2.39. The summed E-state index contributed by atoms with van der Waals surface area (Å²) in [6.07, 6.45) is 0. The van der Waals surface area contributed by atoms with Gasteiger partial charge >= 0.3 is 0 Å². The van der Waals surface area contributed by atoms with Crippen LogP contribution in [0.3, 0.4) is 0 Å². The van der Waals surface area contributed by atoms with Gasteiger partial charge in [0.1, 0.15) is 5.60 Å². The molecule has 0 unspecified atom stereocenters. The van der Waals surface area contributed by atoms with Crippen LogP contribution in [-0.4, -0.2) is 34.1 Å². The fourth-order valence-electron chi connectivity index (χ4n) is 1.39. The van der Waals surface area contributed by atoms with Crippen molar-refractivity contribution in [2.45, 2.75) is 31.3 Å². The fraction of sp³-hybridized carbons (Fsp3) is 0.462. The van der Waals surface area contributed by atoms with Crippen LogP contribution in [0.1, 0.15) is 19.4 Å². The molecule has 112 valence electrons. The molecule has 0 aliphatic rings. The van der Waals surface area contributed by atoms with Gasteiger partial charge in [-0.25, -0.2) is 13.1 Å². The zero-order valence-corrected chi connectivity index (χ0v) is 13.1. The maximum Gasteiger partial charge on any atom is 0.256 e. The Morgan fingerprint density at radius 3 is 2.40 bits per heavy atom. The van der Waals surface area contributed by atoms with Crippen LogP contribution in [0, 0.1) is 6.92 Å². The molecule has 0 fully saturated rings. The van der Waals surface area contributed by atoms with Crippen molar-refractivity contribution < 1.29 is 17.9 Å². The maximum atomic E-state index is 12.0. The van der Waals surface area contributed by atoms with Gasteiger partial charge in [0.25, 0.3) is 5.91 Å². The number of ether oxygens (including phenoxy) is 1. The van der Waals surface area contributed by atoms with Crippen molar-refractivity contribution in [1.82, 2.24) is 4.72 Å². The molecule has 1 amide bonds. The number of hydrogen-bond acceptors (Lipinski definition) is 4. The first-order valence-electron chi connectivity index (χ1n) is 6.05. The topological polar surface area (TPSA) is 84.5 Å². The molecule has 0 saturated carbocycles. The number of benzene rings is 1. The molecule has 7 heteroatoms. The summed E-state index contributed by atoms with van der Waals surface area (Å²) in [4.78, 5) is 12.1. The third-order valence-corrected chi connectivity index (χ3v) is 4.51. The van der Waals surface area contributed by atoms with E-state index in [0.717, 1.165) is 5.56 Å². The average molecular weight is 300 g/mol. The summed E-state index contributed by atoms with van der Waals surface area (Å²) >= 11 is 0. The average Bonchev–Trinajstić information content (AvgIpc) is 2.40. The lowest BCUT2D eigenvalue weighted by molar-refractivity contribution is -0.133. The summed E-state index contributed by atoms with van der Waals surface area (Å²) in [7, 11) is -0.773. The lowest BCUT2D eigenvalue weighted by atomic mass is 10.1. The molecule has 0 atom stereocenters. The highest BCUT2D eigenvalue weighted by atomic mass is 32.2. The predicted molar refractivity (Wildman–Crippen MR) is 77.1 cm³/mol. The highest BCUT2D eigenvalue weighted by Crippen LogP contribution is 2.21. The molecule has 0 aromatic heterocycles. The largest absolute Gasteiger partial charge is 0.369 e. The Labute approximate surface area is 119 Å². The summed E-state index contributed by atoms with van der Waals surface area (Å²) in [6.45, 7) is 5.04. The smallest absolute Gasteiger partial charge is 0.256 e. The molecule has 0 heterocycles. The Hall–Kier alpha value is -1.44. The number of anilines is 1. The first-order chi connectivity index (χ1) is 9.14. The number of hydrogen-bond donors (Lipinski definition) is 2. The van der Waals surface area contributed by atoms with E-state index >= 15 is 0 Å². The van der Waals surface area contributed by atoms with Gasteiger partial charge in [0, 0.05) is 12.8 Å². The summed E-state index contributed by atoms with van der Waals surface area (Å²) < 4.78 is 30.8. The number of aryl methyl sites for hydroxylation is 1. The van der Waals surface area contributed by atoms with Crippen LogP contribution >= 0.6 is 0 Å². The molecule has 2 N–H and O–H groups in total. The van der Waals surface area contributed by atoms with E-state index in [4.69, 9.17) is 4.74 Å². The van der Waals surface area contributed by atoms with E-state index in [1.54, 1.807) is 26.8 Å². The number of carbonyl (C=O) groups is 1. The highest BCUT2D eigenvalue weighted by molar-refractivity contribution is 7.89. The van der Waals surface area contributed by atoms with Crippen molar-refractivity contribution >= 4 is 21.6 Å². The van der Waals surface area contributed by atoms with Gasteiger partial charge in [-0.3, -0.25) is 4.79 Å². The zero-order chi connectivity index (χ0) is 15.6. The molecule has 0 radical (unpaired) electrons. The highest BCUT2D eigenvalue weighted by Gasteiger charge is 2.27. The van der Waals surface area contributed by atoms with Crippen molar-refractivity contribution in [2.75, 3.05) is 19.5 Å². The van der Waals surface area contributed by atoms with Crippen molar-refractivity contribution in [3.63, 3.8) is 0 Å². The molecule has 6 nitrogen and oxygen atoms in total. The summed E-state index contributed by atoms with van der Waals surface area (Å²) in [6, 6.07) is 4.54. The minimum atomic E-state index is -3.55. The number of methoxy groups -OCH3 is 1. The first kappa shape index (κ1) is 16.6. The normalized spacial score (nSPS) is 12.2. The van der Waals surface area contributed by atoms with Crippen LogP contribution in [0.5, 0.6) is 0 Å². The van der Waals surface area contributed by atoms with Crippen molar-refractivity contribution in [3.8, 4) is 0 Å². The van der Waals surface area contributed by atoms with Gasteiger partial charge in [-0.1, -0.05) is 6.07 Å². The molecule has 0 aliphatic heterocycles. The van der Waals surface area contributed by atoms with Gasteiger partial charge < -0.3 is 10.1 Å². The van der Waals surface area contributed by atoms with Crippen LogP contribution in [0.4, 0.5) is 5.69 Å². The van der Waals surface area contributed by atoms with Gasteiger partial charge in [0.15, 0.2) is 0 Å². The molecule has 0 aliphatic carbocycles. The predicted octanol–water partition coefficient (Wildman–Crippen LogP) is 1.27. The van der Waals surface area contributed by atoms with Gasteiger partial charge in [-0.15, -0.1) is 0 Å². The van der Waals surface area contributed by atoms with Gasteiger partial charge in [0.05, 0.1) is 4.90 Å². The third-order valence-electron chi connectivity index (χ3n) is 3.09. The van der Waals surface area contributed by atoms with E-state index in [0.29, 0.717) is 5.69 Å². The molecule has 1 aromatic carbocycles. The molecule has 0 bridgehead atoms. The second-order valence-corrected chi connectivity index (χ2v) is 6.74. The van der Waals surface area contributed by atoms with Crippen LogP contribution in [0.2, 0.25) is 0 Å². The maximum absolute atomic E-state index is 12.0. The quantitative estimate of drug-likeness (QED) is 0.857. The Bertz CT molecular complexity index is 609. The number of amides is 1. The van der Waals surface area contributed by atoms with E-state index < -0.39 is 15.6 Å². The molecule has 0 spiro atoms. The Kier molecular flexibility index (Phi) is 4.90. The standard InChI is InChI=1S/C13H20N2O4S/c1-9-6-7-10(20(17,18)14-4)8-11(9)15-12(16)13(2,3)19-5/h6-8,14H,1-5H3,(H,15,16). The fourth-order valence-corrected chi connectivity index (χ4v) is 2.14. The second kappa shape index (κ2) is 5.90. The minimum Gasteiger partial charge on any atom is -0.369 e. The Morgan fingerprint density at radius 2 is 1.90 bits per heavy atom. The molecule has 1 aromatic rings. The molecular formula is C13H20N2O4S. The van der Waals surface area contributed by atoms with E-state index in [9.17, 15) is 13.2 Å². The number of nitrogens with one attached hydrogen (secondary N) is 2. The SMILES string of the molecule is CNS(=O)(=O)c1ccc(C)c(NC(=O)C(C)(C)OC)c1. The monoisotopic (exact) mass is 300 g/mol. The first-order valence-corrected chi connectivity index (χ1v) is 7.53. The number of rotatable bonds is 5. The second-order valence-electron chi connectivity index (χ2n) is 4.85. The van der Waals surface area contributed by atoms with E-state index in [1.165, 1.54) is 26.3 Å². The van der Waals surface area contributed by atoms with Crippen LogP contribution in [0.25, 0.3) is 0 Å². The Balaban J connectivity index is 3.14. The zero-order valence-electron chi connectivity index (χ0n) is 12.3. The molecule has 0 saturated heterocycles. The number of sulfonamides is 1. The summed E-state index contributed by atoms with van der Waals surface area (Å²) in [5, 5.41) is 2.68. The Morgan fingerprint density at radius 1 is 1.30 bits per heavy atom. The van der Waals surface area contributed by atoms with Crippen molar-refractivity contribution in [1.29, 1.82) is 0 Å². The summed E-state index contributed by atoms with van der Waals surface area (Å²) in [5.41, 5.74) is 0.210. The van der Waals surface area contributed by atoms with Crippen LogP contribution in [0.15, 0.2) is 23.1 Å². The van der Waals surface area contributed by atoms with Crippen molar-refractivity contribution in [3.05, 3.63) is 23.8 Å². The van der Waals surface area contributed by atoms with E-state index in [1.807, 2.05) is 0 Å². The van der Waals surface area contributed by atoms with Gasteiger partial charge in [-0.2, -0.15) is 0 Å². The minimum absolute atomic E-state index is 0.0936. The van der Waals surface area contributed by atoms with Crippen LogP contribution in [-0.2, 0) is 19.6 Å².